The maximum Gasteiger partial charge on any atom is 0.416 e. The SMILES string of the molecule is CC(N)C1CCCCN1C(=O)c1cn(-c2cccc(C(F)(F)F)c2)nn1.Cl. The smallest absolute Gasteiger partial charge is 0.333 e. The highest BCUT2D eigenvalue weighted by molar-refractivity contribution is 5.92. The summed E-state index contributed by atoms with van der Waals surface area (Å²) in [6.45, 7) is 2.44. The molecule has 1 amide bonds. The molecule has 1 aromatic carbocycles. The number of nitrogens with two attached hydrogens (primary N) is 1. The summed E-state index contributed by atoms with van der Waals surface area (Å²) in [4.78, 5) is 14.4. The lowest BCUT2D eigenvalue weighted by atomic mass is 9.96. The van der Waals surface area contributed by atoms with Crippen LogP contribution in [0, 0.1) is 0 Å². The third-order valence-electron chi connectivity index (χ3n) is 4.57. The van der Waals surface area contributed by atoms with Crippen LogP contribution in [0.3, 0.4) is 0 Å². The van der Waals surface area contributed by atoms with E-state index < -0.39 is 11.7 Å². The number of hydrogen-bond donors (Lipinski definition) is 1. The standard InChI is InChI=1S/C17H20F3N5O.ClH/c1-11(21)15-7-2-3-8-24(15)16(26)14-10-25(23-22-14)13-6-4-5-12(9-13)17(18,19)20;/h4-6,9-11,15H,2-3,7-8,21H2,1H3;1H. The van der Waals surface area contributed by atoms with Crippen molar-refractivity contribution in [3.63, 3.8) is 0 Å². The zero-order valence-electron chi connectivity index (χ0n) is 14.7. The molecule has 148 valence electrons. The lowest BCUT2D eigenvalue weighted by Crippen LogP contribution is -2.51. The Kier molecular flexibility index (Phi) is 6.48. The molecule has 0 aliphatic carbocycles. The largest absolute Gasteiger partial charge is 0.416 e. The molecule has 10 heteroatoms. The van der Waals surface area contributed by atoms with Crippen LogP contribution in [0.1, 0.15) is 42.2 Å². The van der Waals surface area contributed by atoms with Gasteiger partial charge in [-0.2, -0.15) is 13.2 Å². The molecular formula is C17H21ClF3N5O. The number of carbonyl (C=O) groups excluding carboxylic acids is 1. The summed E-state index contributed by atoms with van der Waals surface area (Å²) in [5.41, 5.74) is 5.48. The molecule has 3 rings (SSSR count). The van der Waals surface area contributed by atoms with Crippen LogP contribution in [0.4, 0.5) is 13.2 Å². The van der Waals surface area contributed by atoms with E-state index in [1.165, 1.54) is 23.0 Å². The van der Waals surface area contributed by atoms with E-state index in [0.29, 0.717) is 6.54 Å². The van der Waals surface area contributed by atoms with Crippen molar-refractivity contribution in [3.05, 3.63) is 41.7 Å². The number of hydrogen-bond acceptors (Lipinski definition) is 4. The minimum atomic E-state index is -4.45. The molecular weight excluding hydrogens is 383 g/mol. The van der Waals surface area contributed by atoms with Gasteiger partial charge in [0, 0.05) is 18.6 Å². The molecule has 1 aliphatic heterocycles. The Hall–Kier alpha value is -2.13. The molecule has 1 fully saturated rings. The summed E-state index contributed by atoms with van der Waals surface area (Å²) in [6.07, 6.45) is -0.382. The van der Waals surface area contributed by atoms with Crippen LogP contribution in [0.2, 0.25) is 0 Å². The van der Waals surface area contributed by atoms with E-state index in [-0.39, 0.29) is 41.8 Å². The van der Waals surface area contributed by atoms with E-state index in [4.69, 9.17) is 5.73 Å². The zero-order chi connectivity index (χ0) is 18.9. The molecule has 2 atom stereocenters. The maximum atomic E-state index is 12.9. The quantitative estimate of drug-likeness (QED) is 0.854. The van der Waals surface area contributed by atoms with Crippen molar-refractivity contribution in [1.29, 1.82) is 0 Å². The molecule has 1 aromatic heterocycles. The van der Waals surface area contributed by atoms with Crippen LogP contribution < -0.4 is 5.73 Å². The van der Waals surface area contributed by atoms with Crippen LogP contribution in [-0.2, 0) is 6.18 Å². The Labute approximate surface area is 160 Å². The van der Waals surface area contributed by atoms with Gasteiger partial charge >= 0.3 is 6.18 Å². The molecule has 2 unspecified atom stereocenters. The maximum absolute atomic E-state index is 12.9. The molecule has 0 bridgehead atoms. The number of likely N-dealkylation sites (tertiary alicyclic amines) is 1. The Balaban J connectivity index is 0.00000261. The lowest BCUT2D eigenvalue weighted by molar-refractivity contribution is -0.137. The van der Waals surface area contributed by atoms with E-state index >= 15 is 0 Å². The summed E-state index contributed by atoms with van der Waals surface area (Å²) in [7, 11) is 0. The summed E-state index contributed by atoms with van der Waals surface area (Å²) in [5.74, 6) is -0.301. The van der Waals surface area contributed by atoms with Crippen molar-refractivity contribution in [1.82, 2.24) is 19.9 Å². The topological polar surface area (TPSA) is 77.0 Å². The number of nitrogens with zero attached hydrogens (tertiary/aromatic N) is 4. The molecule has 1 saturated heterocycles. The monoisotopic (exact) mass is 403 g/mol. The normalized spacial score (nSPS) is 18.7. The average Bonchev–Trinajstić information content (AvgIpc) is 3.10. The number of carbonyl (C=O) groups is 1. The van der Waals surface area contributed by atoms with E-state index in [2.05, 4.69) is 10.3 Å². The van der Waals surface area contributed by atoms with Crippen LogP contribution >= 0.6 is 12.4 Å². The van der Waals surface area contributed by atoms with Gasteiger partial charge in [-0.25, -0.2) is 4.68 Å². The summed E-state index contributed by atoms with van der Waals surface area (Å²) < 4.78 is 39.8. The van der Waals surface area contributed by atoms with Crippen molar-refractivity contribution in [2.45, 2.75) is 44.4 Å². The van der Waals surface area contributed by atoms with Crippen LogP contribution in [0.15, 0.2) is 30.5 Å². The Morgan fingerprint density at radius 3 is 2.74 bits per heavy atom. The van der Waals surface area contributed by atoms with Gasteiger partial charge in [0.1, 0.15) is 0 Å². The third kappa shape index (κ3) is 4.59. The third-order valence-corrected chi connectivity index (χ3v) is 4.57. The van der Waals surface area contributed by atoms with Gasteiger partial charge in [0.05, 0.1) is 17.4 Å². The summed E-state index contributed by atoms with van der Waals surface area (Å²) in [6, 6.07) is 4.47. The van der Waals surface area contributed by atoms with Crippen molar-refractivity contribution >= 4 is 18.3 Å². The number of piperidine rings is 1. The van der Waals surface area contributed by atoms with Gasteiger partial charge in [0.15, 0.2) is 5.69 Å². The second-order valence-corrected chi connectivity index (χ2v) is 6.52. The fourth-order valence-corrected chi connectivity index (χ4v) is 3.22. The molecule has 2 aromatic rings. The molecule has 0 radical (unpaired) electrons. The van der Waals surface area contributed by atoms with Crippen molar-refractivity contribution in [2.75, 3.05) is 6.54 Å². The lowest BCUT2D eigenvalue weighted by Gasteiger charge is -2.37. The van der Waals surface area contributed by atoms with Gasteiger partial charge < -0.3 is 10.6 Å². The fraction of sp³-hybridized carbons (Fsp3) is 0.471. The van der Waals surface area contributed by atoms with Crippen LogP contribution in [-0.4, -0.2) is 44.4 Å². The summed E-state index contributed by atoms with van der Waals surface area (Å²) in [5, 5.41) is 7.67. The van der Waals surface area contributed by atoms with Crippen molar-refractivity contribution < 1.29 is 18.0 Å². The molecule has 27 heavy (non-hydrogen) atoms. The average molecular weight is 404 g/mol. The molecule has 6 nitrogen and oxygen atoms in total. The number of alkyl halides is 3. The highest BCUT2D eigenvalue weighted by Gasteiger charge is 2.32. The second kappa shape index (κ2) is 8.26. The Bertz CT molecular complexity index is 793. The first kappa shape index (κ1) is 21.2. The molecule has 0 spiro atoms. The molecule has 2 N–H and O–H groups in total. The van der Waals surface area contributed by atoms with E-state index in [9.17, 15) is 18.0 Å². The molecule has 1 aliphatic rings. The van der Waals surface area contributed by atoms with Crippen molar-refractivity contribution in [2.24, 2.45) is 5.73 Å². The summed E-state index contributed by atoms with van der Waals surface area (Å²) >= 11 is 0. The Morgan fingerprint density at radius 2 is 2.07 bits per heavy atom. The van der Waals surface area contributed by atoms with E-state index in [0.717, 1.165) is 31.4 Å². The zero-order valence-corrected chi connectivity index (χ0v) is 15.5. The number of rotatable bonds is 3. The van der Waals surface area contributed by atoms with Gasteiger partial charge in [-0.05, 0) is 44.4 Å². The molecule has 2 heterocycles. The second-order valence-electron chi connectivity index (χ2n) is 6.52. The van der Waals surface area contributed by atoms with Crippen LogP contribution in [0.25, 0.3) is 5.69 Å². The van der Waals surface area contributed by atoms with Gasteiger partial charge in [0.25, 0.3) is 5.91 Å². The predicted octanol–water partition coefficient (Wildman–Crippen LogP) is 3.05. The first-order valence-electron chi connectivity index (χ1n) is 8.44. The first-order valence-corrected chi connectivity index (χ1v) is 8.44. The van der Waals surface area contributed by atoms with E-state index in [1.54, 1.807) is 4.90 Å². The highest BCUT2D eigenvalue weighted by atomic mass is 35.5. The van der Waals surface area contributed by atoms with Crippen molar-refractivity contribution in [3.8, 4) is 5.69 Å². The number of benzene rings is 1. The van der Waals surface area contributed by atoms with E-state index in [1.807, 2.05) is 6.92 Å². The van der Waals surface area contributed by atoms with Gasteiger partial charge in [-0.1, -0.05) is 11.3 Å². The number of aromatic nitrogens is 3. The number of halogens is 4. The van der Waals surface area contributed by atoms with Gasteiger partial charge in [0.2, 0.25) is 0 Å². The van der Waals surface area contributed by atoms with Gasteiger partial charge in [-0.3, -0.25) is 4.79 Å². The first-order chi connectivity index (χ1) is 12.3. The molecule has 0 saturated carbocycles. The fourth-order valence-electron chi connectivity index (χ4n) is 3.22. The minimum Gasteiger partial charge on any atom is -0.333 e. The van der Waals surface area contributed by atoms with Gasteiger partial charge in [-0.15, -0.1) is 17.5 Å². The number of amides is 1. The minimum absolute atomic E-state index is 0. The highest BCUT2D eigenvalue weighted by Crippen LogP contribution is 2.30. The van der Waals surface area contributed by atoms with Crippen LogP contribution in [0.5, 0.6) is 0 Å². The Morgan fingerprint density at radius 1 is 1.33 bits per heavy atom. The predicted molar refractivity (Wildman–Crippen MR) is 95.9 cm³/mol.